The Morgan fingerprint density at radius 1 is 1.12 bits per heavy atom. The lowest BCUT2D eigenvalue weighted by molar-refractivity contribution is 0.606. The average Bonchev–Trinajstić information content (AvgIpc) is 2.33. The summed E-state index contributed by atoms with van der Waals surface area (Å²) in [6, 6.07) is 5.60. The van der Waals surface area contributed by atoms with Gasteiger partial charge in [-0.05, 0) is 31.2 Å². The number of nitrogen functional groups attached to an aromatic ring is 1. The molecule has 0 spiro atoms. The molecule has 0 aliphatic carbocycles. The molecule has 0 saturated carbocycles. The number of nitrogens with two attached hydrogens (primary N) is 1. The summed E-state index contributed by atoms with van der Waals surface area (Å²) in [5.74, 6) is 4.40. The molecule has 6 heteroatoms. The van der Waals surface area contributed by atoms with Crippen LogP contribution in [0.15, 0.2) is 24.3 Å². The fourth-order valence-electron chi connectivity index (χ4n) is 1.38. The highest BCUT2D eigenvalue weighted by Gasteiger charge is 2.11. The lowest BCUT2D eigenvalue weighted by Crippen LogP contribution is -2.13. The Hall–Kier alpha value is -2.08. The van der Waals surface area contributed by atoms with E-state index >= 15 is 0 Å². The van der Waals surface area contributed by atoms with Crippen molar-refractivity contribution in [2.75, 3.05) is 5.43 Å². The minimum atomic E-state index is -0.599. The van der Waals surface area contributed by atoms with E-state index in [1.165, 1.54) is 31.2 Å². The minimum absolute atomic E-state index is 0.0863. The monoisotopic (exact) mass is 236 g/mol. The maximum absolute atomic E-state index is 13.4. The van der Waals surface area contributed by atoms with Gasteiger partial charge in [-0.3, -0.25) is 0 Å². The maximum Gasteiger partial charge on any atom is 0.187 e. The van der Waals surface area contributed by atoms with Gasteiger partial charge in [-0.15, -0.1) is 0 Å². The Morgan fingerprint density at radius 2 is 1.76 bits per heavy atom. The minimum Gasteiger partial charge on any atom is -0.306 e. The summed E-state index contributed by atoms with van der Waals surface area (Å²) in [4.78, 5) is 7.88. The molecular formula is C11H10F2N4. The molecule has 0 atom stereocenters. The third-order valence-corrected chi connectivity index (χ3v) is 2.26. The Bertz CT molecular complexity index is 540. The SMILES string of the molecule is Cc1nc(-c2ccc(F)cc2)nc(NN)c1F. The molecule has 88 valence electrons. The van der Waals surface area contributed by atoms with Gasteiger partial charge in [0.15, 0.2) is 17.5 Å². The van der Waals surface area contributed by atoms with Crippen LogP contribution in [0.3, 0.4) is 0 Å². The smallest absolute Gasteiger partial charge is 0.187 e. The maximum atomic E-state index is 13.4. The van der Waals surface area contributed by atoms with Crippen LogP contribution in [0.1, 0.15) is 5.69 Å². The zero-order valence-electron chi connectivity index (χ0n) is 9.04. The van der Waals surface area contributed by atoms with Crippen LogP contribution < -0.4 is 11.3 Å². The average molecular weight is 236 g/mol. The number of nitrogens with one attached hydrogen (secondary N) is 1. The van der Waals surface area contributed by atoms with E-state index in [4.69, 9.17) is 5.84 Å². The molecule has 4 nitrogen and oxygen atoms in total. The van der Waals surface area contributed by atoms with Crippen molar-refractivity contribution >= 4 is 5.82 Å². The van der Waals surface area contributed by atoms with E-state index in [9.17, 15) is 8.78 Å². The summed E-state index contributed by atoms with van der Waals surface area (Å²) < 4.78 is 26.2. The number of hydrogen-bond acceptors (Lipinski definition) is 4. The highest BCUT2D eigenvalue weighted by Crippen LogP contribution is 2.20. The predicted octanol–water partition coefficient (Wildman–Crippen LogP) is 2.02. The second-order valence-electron chi connectivity index (χ2n) is 3.45. The Labute approximate surface area is 96.5 Å². The number of hydrogen-bond donors (Lipinski definition) is 2. The summed E-state index contributed by atoms with van der Waals surface area (Å²) in [7, 11) is 0. The van der Waals surface area contributed by atoms with Gasteiger partial charge >= 0.3 is 0 Å². The van der Waals surface area contributed by atoms with Crippen molar-refractivity contribution in [1.82, 2.24) is 9.97 Å². The largest absolute Gasteiger partial charge is 0.306 e. The predicted molar refractivity (Wildman–Crippen MR) is 59.9 cm³/mol. The number of aromatic nitrogens is 2. The number of nitrogens with zero attached hydrogens (tertiary/aromatic N) is 2. The van der Waals surface area contributed by atoms with E-state index in [0.29, 0.717) is 5.56 Å². The van der Waals surface area contributed by atoms with Crippen LogP contribution in [0.2, 0.25) is 0 Å². The van der Waals surface area contributed by atoms with E-state index in [1.54, 1.807) is 0 Å². The molecule has 3 N–H and O–H groups in total. The molecule has 0 amide bonds. The summed E-state index contributed by atoms with van der Waals surface area (Å²) in [5, 5.41) is 0. The molecule has 1 aromatic heterocycles. The van der Waals surface area contributed by atoms with Gasteiger partial charge < -0.3 is 5.43 Å². The summed E-state index contributed by atoms with van der Waals surface area (Å²) in [6.45, 7) is 1.50. The second-order valence-corrected chi connectivity index (χ2v) is 3.45. The number of aryl methyl sites for hydroxylation is 1. The summed E-state index contributed by atoms with van der Waals surface area (Å²) >= 11 is 0. The van der Waals surface area contributed by atoms with Gasteiger partial charge in [-0.2, -0.15) is 0 Å². The lowest BCUT2D eigenvalue weighted by atomic mass is 10.2. The molecule has 17 heavy (non-hydrogen) atoms. The highest BCUT2D eigenvalue weighted by molar-refractivity contribution is 5.57. The number of halogens is 2. The second kappa shape index (κ2) is 4.42. The van der Waals surface area contributed by atoms with Crippen LogP contribution in [-0.4, -0.2) is 9.97 Å². The molecule has 0 unspecified atom stereocenters. The van der Waals surface area contributed by atoms with E-state index in [1.807, 2.05) is 0 Å². The zero-order chi connectivity index (χ0) is 12.4. The topological polar surface area (TPSA) is 63.8 Å². The molecule has 2 aromatic rings. The van der Waals surface area contributed by atoms with Gasteiger partial charge in [-0.25, -0.2) is 24.6 Å². The van der Waals surface area contributed by atoms with E-state index < -0.39 is 5.82 Å². The van der Waals surface area contributed by atoms with Crippen LogP contribution in [0, 0.1) is 18.6 Å². The summed E-state index contributed by atoms with van der Waals surface area (Å²) in [5.41, 5.74) is 2.92. The van der Waals surface area contributed by atoms with Crippen LogP contribution in [0.5, 0.6) is 0 Å². The molecular weight excluding hydrogens is 226 g/mol. The summed E-state index contributed by atoms with van der Waals surface area (Å²) in [6.07, 6.45) is 0. The zero-order valence-corrected chi connectivity index (χ0v) is 9.04. The molecule has 0 aliphatic rings. The van der Waals surface area contributed by atoms with Crippen LogP contribution in [0.25, 0.3) is 11.4 Å². The van der Waals surface area contributed by atoms with E-state index in [2.05, 4.69) is 15.4 Å². The third-order valence-electron chi connectivity index (χ3n) is 2.26. The highest BCUT2D eigenvalue weighted by atomic mass is 19.1. The van der Waals surface area contributed by atoms with Crippen molar-refractivity contribution in [3.63, 3.8) is 0 Å². The van der Waals surface area contributed by atoms with Gasteiger partial charge in [0.05, 0.1) is 5.69 Å². The number of hydrazine groups is 1. The van der Waals surface area contributed by atoms with Gasteiger partial charge in [0, 0.05) is 5.56 Å². The number of benzene rings is 1. The fourth-order valence-corrected chi connectivity index (χ4v) is 1.38. The van der Waals surface area contributed by atoms with Crippen molar-refractivity contribution in [3.8, 4) is 11.4 Å². The van der Waals surface area contributed by atoms with Crippen molar-refractivity contribution in [1.29, 1.82) is 0 Å². The quantitative estimate of drug-likeness (QED) is 0.618. The first-order chi connectivity index (χ1) is 8.11. The molecule has 0 radical (unpaired) electrons. The van der Waals surface area contributed by atoms with Crippen molar-refractivity contribution in [2.45, 2.75) is 6.92 Å². The molecule has 0 fully saturated rings. The first-order valence-electron chi connectivity index (χ1n) is 4.88. The Balaban J connectivity index is 2.52. The first kappa shape index (κ1) is 11.4. The molecule has 0 aliphatic heterocycles. The Morgan fingerprint density at radius 3 is 2.35 bits per heavy atom. The standard InChI is InChI=1S/C11H10F2N4/c1-6-9(13)11(17-14)16-10(15-6)7-2-4-8(12)5-3-7/h2-5H,14H2,1H3,(H,15,16,17). The Kier molecular flexibility index (Phi) is 2.97. The number of rotatable bonds is 2. The van der Waals surface area contributed by atoms with Crippen molar-refractivity contribution < 1.29 is 8.78 Å². The molecule has 1 aromatic carbocycles. The van der Waals surface area contributed by atoms with Gasteiger partial charge in [0.1, 0.15) is 5.82 Å². The fraction of sp³-hybridized carbons (Fsp3) is 0.0909. The van der Waals surface area contributed by atoms with Crippen LogP contribution in [0.4, 0.5) is 14.6 Å². The van der Waals surface area contributed by atoms with Crippen LogP contribution >= 0.6 is 0 Å². The van der Waals surface area contributed by atoms with E-state index in [-0.39, 0.29) is 23.2 Å². The van der Waals surface area contributed by atoms with Gasteiger partial charge in [0.25, 0.3) is 0 Å². The first-order valence-corrected chi connectivity index (χ1v) is 4.88. The number of anilines is 1. The molecule has 0 bridgehead atoms. The van der Waals surface area contributed by atoms with E-state index in [0.717, 1.165) is 0 Å². The van der Waals surface area contributed by atoms with Gasteiger partial charge in [0.2, 0.25) is 0 Å². The molecule has 0 saturated heterocycles. The third kappa shape index (κ3) is 2.21. The normalized spacial score (nSPS) is 10.4. The van der Waals surface area contributed by atoms with Crippen molar-refractivity contribution in [3.05, 3.63) is 41.6 Å². The molecule has 1 heterocycles. The van der Waals surface area contributed by atoms with Crippen LogP contribution in [-0.2, 0) is 0 Å². The van der Waals surface area contributed by atoms with Crippen molar-refractivity contribution in [2.24, 2.45) is 5.84 Å². The lowest BCUT2D eigenvalue weighted by Gasteiger charge is -2.07. The van der Waals surface area contributed by atoms with Gasteiger partial charge in [-0.1, -0.05) is 0 Å². The molecule has 2 rings (SSSR count).